The largest absolute Gasteiger partial charge is 0.299 e. The molecule has 2 fully saturated rings. The van der Waals surface area contributed by atoms with Crippen LogP contribution in [0.3, 0.4) is 0 Å². The van der Waals surface area contributed by atoms with Crippen molar-refractivity contribution in [2.45, 2.75) is 67.6 Å². The highest BCUT2D eigenvalue weighted by molar-refractivity contribution is 7.89. The number of likely N-dealkylation sites (tertiary alicyclic amines) is 2. The highest BCUT2D eigenvalue weighted by atomic mass is 32.2. The SMILES string of the molecule is O=S(=O)(NCc1ccc(C2CCN(Cc3ccc(S(=O)(=O)NCc4ccccc4)cc3)C2)cc1)c1ccc(CN2CCCCC2)cc1. The Morgan fingerprint density at radius 3 is 1.57 bits per heavy atom. The van der Waals surface area contributed by atoms with Crippen molar-refractivity contribution >= 4 is 20.0 Å². The molecule has 4 aromatic carbocycles. The molecule has 47 heavy (non-hydrogen) atoms. The van der Waals surface area contributed by atoms with Crippen molar-refractivity contribution in [2.24, 2.45) is 0 Å². The maximum atomic E-state index is 13.0. The lowest BCUT2D eigenvalue weighted by Gasteiger charge is -2.26. The molecule has 8 nitrogen and oxygen atoms in total. The molecule has 248 valence electrons. The number of piperidine rings is 1. The average Bonchev–Trinajstić information content (AvgIpc) is 3.56. The van der Waals surface area contributed by atoms with Crippen LogP contribution in [0.25, 0.3) is 0 Å². The first kappa shape index (κ1) is 33.5. The van der Waals surface area contributed by atoms with E-state index in [4.69, 9.17) is 0 Å². The fraction of sp³-hybridized carbons (Fsp3) is 0.351. The second kappa shape index (κ2) is 15.2. The quantitative estimate of drug-likeness (QED) is 0.192. The molecule has 0 bridgehead atoms. The van der Waals surface area contributed by atoms with E-state index in [0.29, 0.717) is 10.8 Å². The minimum Gasteiger partial charge on any atom is -0.299 e. The summed E-state index contributed by atoms with van der Waals surface area (Å²) in [5.41, 5.74) is 5.29. The maximum Gasteiger partial charge on any atom is 0.240 e. The molecule has 0 aromatic heterocycles. The third-order valence-electron chi connectivity index (χ3n) is 9.23. The Morgan fingerprint density at radius 1 is 0.532 bits per heavy atom. The van der Waals surface area contributed by atoms with Crippen LogP contribution in [0.15, 0.2) is 113 Å². The van der Waals surface area contributed by atoms with Gasteiger partial charge in [0.15, 0.2) is 0 Å². The van der Waals surface area contributed by atoms with Crippen LogP contribution < -0.4 is 9.44 Å². The summed E-state index contributed by atoms with van der Waals surface area (Å²) in [6.07, 6.45) is 4.80. The molecule has 6 rings (SSSR count). The van der Waals surface area contributed by atoms with E-state index in [-0.39, 0.29) is 18.0 Å². The lowest BCUT2D eigenvalue weighted by atomic mass is 9.97. The zero-order valence-corrected chi connectivity index (χ0v) is 28.4. The third-order valence-corrected chi connectivity index (χ3v) is 12.1. The average molecular weight is 673 g/mol. The molecule has 2 N–H and O–H groups in total. The zero-order valence-electron chi connectivity index (χ0n) is 26.7. The van der Waals surface area contributed by atoms with Gasteiger partial charge in [-0.25, -0.2) is 26.3 Å². The van der Waals surface area contributed by atoms with E-state index >= 15 is 0 Å². The van der Waals surface area contributed by atoms with Crippen molar-refractivity contribution in [1.82, 2.24) is 19.2 Å². The highest BCUT2D eigenvalue weighted by Crippen LogP contribution is 2.29. The van der Waals surface area contributed by atoms with Crippen LogP contribution in [0.1, 0.15) is 59.4 Å². The lowest BCUT2D eigenvalue weighted by Crippen LogP contribution is -2.29. The Morgan fingerprint density at radius 2 is 1.02 bits per heavy atom. The van der Waals surface area contributed by atoms with Crippen molar-refractivity contribution in [2.75, 3.05) is 26.2 Å². The monoisotopic (exact) mass is 672 g/mol. The van der Waals surface area contributed by atoms with Gasteiger partial charge >= 0.3 is 0 Å². The molecule has 4 aromatic rings. The Kier molecular flexibility index (Phi) is 10.9. The van der Waals surface area contributed by atoms with E-state index in [1.54, 1.807) is 24.3 Å². The van der Waals surface area contributed by atoms with Crippen LogP contribution in [0.2, 0.25) is 0 Å². The first-order valence-corrected chi connectivity index (χ1v) is 19.4. The van der Waals surface area contributed by atoms with E-state index in [2.05, 4.69) is 31.4 Å². The van der Waals surface area contributed by atoms with Crippen molar-refractivity contribution < 1.29 is 16.8 Å². The number of sulfonamides is 2. The normalized spacial score (nSPS) is 18.0. The predicted octanol–water partition coefficient (Wildman–Crippen LogP) is 5.62. The Bertz CT molecular complexity index is 1810. The third kappa shape index (κ3) is 9.16. The number of nitrogens with one attached hydrogen (secondary N) is 2. The molecule has 2 saturated heterocycles. The van der Waals surface area contributed by atoms with Crippen molar-refractivity contribution in [3.05, 3.63) is 131 Å². The van der Waals surface area contributed by atoms with Gasteiger partial charge < -0.3 is 0 Å². The van der Waals surface area contributed by atoms with Crippen LogP contribution >= 0.6 is 0 Å². The van der Waals surface area contributed by atoms with Gasteiger partial charge in [-0.2, -0.15) is 0 Å². The Balaban J connectivity index is 0.962. The number of hydrogen-bond acceptors (Lipinski definition) is 6. The second-order valence-electron chi connectivity index (χ2n) is 12.7. The molecular formula is C37H44N4O4S2. The summed E-state index contributed by atoms with van der Waals surface area (Å²) in [6, 6.07) is 32.1. The Hall–Kier alpha value is -3.38. The number of rotatable bonds is 13. The van der Waals surface area contributed by atoms with Gasteiger partial charge in [0.05, 0.1) is 9.79 Å². The maximum absolute atomic E-state index is 13.0. The first-order chi connectivity index (χ1) is 22.7. The highest BCUT2D eigenvalue weighted by Gasteiger charge is 2.24. The van der Waals surface area contributed by atoms with Crippen LogP contribution in [0.5, 0.6) is 0 Å². The minimum absolute atomic E-state index is 0.239. The van der Waals surface area contributed by atoms with Crippen molar-refractivity contribution in [3.8, 4) is 0 Å². The molecule has 0 spiro atoms. The molecule has 0 saturated carbocycles. The summed E-state index contributed by atoms with van der Waals surface area (Å²) in [6.45, 7) is 6.21. The number of benzene rings is 4. The van der Waals surface area contributed by atoms with Crippen molar-refractivity contribution in [3.63, 3.8) is 0 Å². The van der Waals surface area contributed by atoms with Crippen LogP contribution in [0, 0.1) is 0 Å². The molecule has 2 heterocycles. The fourth-order valence-corrected chi connectivity index (χ4v) is 8.49. The topological polar surface area (TPSA) is 98.8 Å². The summed E-state index contributed by atoms with van der Waals surface area (Å²) in [5, 5.41) is 0. The molecule has 1 atom stereocenters. The van der Waals surface area contributed by atoms with Gasteiger partial charge in [0.25, 0.3) is 0 Å². The van der Waals surface area contributed by atoms with Crippen LogP contribution in [-0.4, -0.2) is 52.8 Å². The molecule has 2 aliphatic heterocycles. The van der Waals surface area contributed by atoms with Gasteiger partial charge in [0.1, 0.15) is 0 Å². The Labute approximate surface area is 279 Å². The summed E-state index contributed by atoms with van der Waals surface area (Å²) >= 11 is 0. The zero-order chi connectivity index (χ0) is 32.7. The van der Waals surface area contributed by atoms with Crippen LogP contribution in [0.4, 0.5) is 0 Å². The van der Waals surface area contributed by atoms with E-state index < -0.39 is 20.0 Å². The molecule has 0 aliphatic carbocycles. The van der Waals surface area contributed by atoms with E-state index in [9.17, 15) is 16.8 Å². The van der Waals surface area contributed by atoms with E-state index in [0.717, 1.165) is 67.9 Å². The summed E-state index contributed by atoms with van der Waals surface area (Å²) in [4.78, 5) is 5.38. The van der Waals surface area contributed by atoms with Gasteiger partial charge in [0.2, 0.25) is 20.0 Å². The van der Waals surface area contributed by atoms with Gasteiger partial charge in [-0.15, -0.1) is 0 Å². The first-order valence-electron chi connectivity index (χ1n) is 16.5. The summed E-state index contributed by atoms with van der Waals surface area (Å²) in [7, 11) is -7.19. The van der Waals surface area contributed by atoms with Gasteiger partial charge in [0, 0.05) is 32.7 Å². The van der Waals surface area contributed by atoms with Crippen molar-refractivity contribution in [1.29, 1.82) is 0 Å². The molecule has 0 amide bonds. The molecule has 0 radical (unpaired) electrons. The van der Waals surface area contributed by atoms with Gasteiger partial charge in [-0.3, -0.25) is 9.80 Å². The number of nitrogens with zero attached hydrogens (tertiary/aromatic N) is 2. The van der Waals surface area contributed by atoms with Crippen LogP contribution in [-0.2, 0) is 46.2 Å². The summed E-state index contributed by atoms with van der Waals surface area (Å²) in [5.74, 6) is 0.394. The predicted molar refractivity (Wildman–Crippen MR) is 186 cm³/mol. The smallest absolute Gasteiger partial charge is 0.240 e. The number of hydrogen-bond donors (Lipinski definition) is 2. The molecular weight excluding hydrogens is 629 g/mol. The standard InChI is InChI=1S/C37H44N4O4S2/c42-46(43,38-25-30-7-3-1-4-8-30)37-19-13-33(14-20-37)28-41-24-21-35(29-41)34-15-9-31(10-16-34)26-39-47(44,45)36-17-11-32(12-18-36)27-40-22-5-2-6-23-40/h1,3-4,7-20,35,38-39H,2,5-6,21-29H2. The molecule has 2 aliphatic rings. The van der Waals surface area contributed by atoms with E-state index in [1.165, 1.54) is 24.8 Å². The minimum atomic E-state index is -3.60. The van der Waals surface area contributed by atoms with E-state index in [1.807, 2.05) is 66.7 Å². The summed E-state index contributed by atoms with van der Waals surface area (Å²) < 4.78 is 56.9. The second-order valence-corrected chi connectivity index (χ2v) is 16.3. The van der Waals surface area contributed by atoms with Gasteiger partial charge in [-0.1, -0.05) is 85.3 Å². The molecule has 10 heteroatoms. The van der Waals surface area contributed by atoms with Gasteiger partial charge in [-0.05, 0) is 96.9 Å². The molecule has 1 unspecified atom stereocenters. The lowest BCUT2D eigenvalue weighted by molar-refractivity contribution is 0.221. The fourth-order valence-electron chi connectivity index (χ4n) is 6.46.